The van der Waals surface area contributed by atoms with E-state index in [0.29, 0.717) is 36.3 Å². The number of benzene rings is 4. The van der Waals surface area contributed by atoms with Crippen molar-refractivity contribution in [2.24, 2.45) is 0 Å². The summed E-state index contributed by atoms with van der Waals surface area (Å²) in [5.41, 5.74) is 5.65. The molecular weight excluding hydrogens is 512 g/mol. The molecule has 7 heteroatoms. The normalized spacial score (nSPS) is 11.0. The van der Waals surface area contributed by atoms with Gasteiger partial charge in [0.25, 0.3) is 5.91 Å². The van der Waals surface area contributed by atoms with Crippen LogP contribution in [0.2, 0.25) is 0 Å². The second-order valence-electron chi connectivity index (χ2n) is 9.98. The molecule has 0 saturated heterocycles. The van der Waals surface area contributed by atoms with Crippen molar-refractivity contribution in [2.75, 3.05) is 18.4 Å². The summed E-state index contributed by atoms with van der Waals surface area (Å²) in [6.45, 7) is 3.55. The molecular formula is C34H34N4O3. The average Bonchev–Trinajstić information content (AvgIpc) is 3.35. The fourth-order valence-corrected chi connectivity index (χ4v) is 5.07. The first-order chi connectivity index (χ1) is 20.0. The van der Waals surface area contributed by atoms with Crippen molar-refractivity contribution in [3.05, 3.63) is 120 Å². The number of hydrogen-bond acceptors (Lipinski definition) is 4. The van der Waals surface area contributed by atoms with Gasteiger partial charge in [-0.2, -0.15) is 0 Å². The van der Waals surface area contributed by atoms with Gasteiger partial charge in [0, 0.05) is 30.8 Å². The van der Waals surface area contributed by atoms with Gasteiger partial charge in [-0.25, -0.2) is 9.78 Å². The highest BCUT2D eigenvalue weighted by molar-refractivity contribution is 5.98. The van der Waals surface area contributed by atoms with Gasteiger partial charge in [0.15, 0.2) is 0 Å². The Morgan fingerprint density at radius 3 is 2.37 bits per heavy atom. The molecule has 4 aromatic carbocycles. The largest absolute Gasteiger partial charge is 0.478 e. The van der Waals surface area contributed by atoms with Crippen LogP contribution >= 0.6 is 0 Å². The molecule has 3 N–H and O–H groups in total. The third-order valence-electron chi connectivity index (χ3n) is 7.13. The van der Waals surface area contributed by atoms with Crippen molar-refractivity contribution in [3.8, 4) is 11.1 Å². The summed E-state index contributed by atoms with van der Waals surface area (Å²) < 4.78 is 2.06. The molecule has 1 aromatic heterocycles. The number of carboxylic acid groups (broad SMARTS) is 1. The monoisotopic (exact) mass is 546 g/mol. The Morgan fingerprint density at radius 2 is 1.63 bits per heavy atom. The quantitative estimate of drug-likeness (QED) is 0.153. The van der Waals surface area contributed by atoms with E-state index in [2.05, 4.69) is 22.1 Å². The van der Waals surface area contributed by atoms with Crippen LogP contribution in [0.3, 0.4) is 0 Å². The Kier molecular flexibility index (Phi) is 8.74. The first kappa shape index (κ1) is 27.6. The minimum absolute atomic E-state index is 0.165. The summed E-state index contributed by atoms with van der Waals surface area (Å²) in [7, 11) is 0. The van der Waals surface area contributed by atoms with E-state index in [4.69, 9.17) is 4.98 Å². The van der Waals surface area contributed by atoms with E-state index >= 15 is 0 Å². The molecule has 0 aliphatic heterocycles. The predicted octanol–water partition coefficient (Wildman–Crippen LogP) is 6.63. The highest BCUT2D eigenvalue weighted by Crippen LogP contribution is 2.29. The molecule has 0 bridgehead atoms. The first-order valence-electron chi connectivity index (χ1n) is 14.0. The smallest absolute Gasteiger partial charge is 0.336 e. The summed E-state index contributed by atoms with van der Waals surface area (Å²) in [5.74, 6) is -0.252. The minimum Gasteiger partial charge on any atom is -0.478 e. The van der Waals surface area contributed by atoms with Crippen molar-refractivity contribution in [1.82, 2.24) is 14.9 Å². The third kappa shape index (κ3) is 6.47. The third-order valence-corrected chi connectivity index (χ3v) is 7.13. The highest BCUT2D eigenvalue weighted by Gasteiger charge is 2.20. The Hall–Kier alpha value is -4.91. The number of aryl methyl sites for hydroxylation is 1. The van der Waals surface area contributed by atoms with Crippen molar-refractivity contribution in [3.63, 3.8) is 0 Å². The number of aromatic carboxylic acids is 1. The Morgan fingerprint density at radius 1 is 0.878 bits per heavy atom. The van der Waals surface area contributed by atoms with Crippen molar-refractivity contribution >= 4 is 28.6 Å². The lowest BCUT2D eigenvalue weighted by atomic mass is 9.95. The number of nitrogens with one attached hydrogen (secondary N) is 2. The molecule has 5 aromatic rings. The van der Waals surface area contributed by atoms with Crippen LogP contribution in [-0.2, 0) is 13.0 Å². The zero-order chi connectivity index (χ0) is 28.6. The minimum atomic E-state index is -0.969. The number of fused-ring (bicyclic) bond motifs is 1. The Balaban J connectivity index is 1.44. The van der Waals surface area contributed by atoms with E-state index in [9.17, 15) is 14.7 Å². The van der Waals surface area contributed by atoms with Crippen LogP contribution in [0.4, 0.5) is 5.69 Å². The summed E-state index contributed by atoms with van der Waals surface area (Å²) in [6, 6.07) is 30.6. The lowest BCUT2D eigenvalue weighted by molar-refractivity contribution is 0.0696. The van der Waals surface area contributed by atoms with Crippen molar-refractivity contribution in [1.29, 1.82) is 0 Å². The fourth-order valence-electron chi connectivity index (χ4n) is 5.07. The van der Waals surface area contributed by atoms with E-state index in [0.717, 1.165) is 47.4 Å². The van der Waals surface area contributed by atoms with Crippen LogP contribution < -0.4 is 10.6 Å². The fraction of sp³-hybridized carbons (Fsp3) is 0.206. The molecule has 0 atom stereocenters. The van der Waals surface area contributed by atoms with E-state index in [1.54, 1.807) is 6.07 Å². The average molecular weight is 547 g/mol. The zero-order valence-electron chi connectivity index (χ0n) is 23.1. The van der Waals surface area contributed by atoms with Crippen LogP contribution in [-0.4, -0.2) is 39.6 Å². The molecule has 0 fully saturated rings. The second-order valence-corrected chi connectivity index (χ2v) is 9.98. The molecule has 0 radical (unpaired) electrons. The number of nitrogens with zero attached hydrogens (tertiary/aromatic N) is 2. The maximum atomic E-state index is 13.0. The SMILES string of the molecule is CCCCc1nc2ccc(C(=O)NCCNc3ccccc3)cc2n1Cc1cccc(-c2ccccc2)c1C(=O)O. The van der Waals surface area contributed by atoms with Gasteiger partial charge in [0.2, 0.25) is 0 Å². The van der Waals surface area contributed by atoms with Crippen LogP contribution in [0.15, 0.2) is 97.1 Å². The topological polar surface area (TPSA) is 96.3 Å². The van der Waals surface area contributed by atoms with Gasteiger partial charge >= 0.3 is 5.97 Å². The predicted molar refractivity (Wildman–Crippen MR) is 164 cm³/mol. The molecule has 7 nitrogen and oxygen atoms in total. The number of rotatable bonds is 12. The number of amides is 1. The van der Waals surface area contributed by atoms with E-state index < -0.39 is 5.97 Å². The van der Waals surface area contributed by atoms with Crippen LogP contribution in [0.5, 0.6) is 0 Å². The lowest BCUT2D eigenvalue weighted by Gasteiger charge is -2.15. The molecule has 5 rings (SSSR count). The summed E-state index contributed by atoms with van der Waals surface area (Å²) in [4.78, 5) is 30.5. The standard InChI is InChI=1S/C34H34N4O3/c1-2-3-17-31-37-29-19-18-25(33(39)36-21-20-35-27-14-8-5-9-15-27)22-30(29)38(31)23-26-13-10-16-28(32(26)34(40)41)24-11-6-4-7-12-24/h4-16,18-19,22,35H,2-3,17,20-21,23H2,1H3,(H,36,39)(H,40,41). The number of hydrogen-bond donors (Lipinski definition) is 3. The van der Waals surface area contributed by atoms with Gasteiger partial charge in [-0.05, 0) is 53.4 Å². The molecule has 208 valence electrons. The number of carbonyl (C=O) groups excluding carboxylic acids is 1. The number of unbranched alkanes of at least 4 members (excludes halogenated alkanes) is 1. The summed E-state index contributed by atoms with van der Waals surface area (Å²) >= 11 is 0. The maximum absolute atomic E-state index is 13.0. The van der Waals surface area contributed by atoms with E-state index in [1.807, 2.05) is 91.0 Å². The lowest BCUT2D eigenvalue weighted by Crippen LogP contribution is -2.28. The first-order valence-corrected chi connectivity index (χ1v) is 14.0. The van der Waals surface area contributed by atoms with Crippen LogP contribution in [0.1, 0.15) is 51.9 Å². The number of carbonyl (C=O) groups is 2. The van der Waals surface area contributed by atoms with E-state index in [-0.39, 0.29) is 11.5 Å². The number of para-hydroxylation sites is 1. The number of aromatic nitrogens is 2. The van der Waals surface area contributed by atoms with Gasteiger partial charge < -0.3 is 20.3 Å². The molecule has 0 spiro atoms. The molecule has 0 aliphatic rings. The molecule has 1 amide bonds. The zero-order valence-corrected chi connectivity index (χ0v) is 23.1. The van der Waals surface area contributed by atoms with Gasteiger partial charge in [-0.3, -0.25) is 4.79 Å². The van der Waals surface area contributed by atoms with E-state index in [1.165, 1.54) is 0 Å². The summed E-state index contributed by atoms with van der Waals surface area (Å²) in [6.07, 6.45) is 2.73. The van der Waals surface area contributed by atoms with Crippen molar-refractivity contribution < 1.29 is 14.7 Å². The second kappa shape index (κ2) is 13.0. The van der Waals surface area contributed by atoms with Crippen LogP contribution in [0.25, 0.3) is 22.2 Å². The van der Waals surface area contributed by atoms with Gasteiger partial charge in [-0.15, -0.1) is 0 Å². The molecule has 1 heterocycles. The van der Waals surface area contributed by atoms with Gasteiger partial charge in [0.1, 0.15) is 5.82 Å². The molecule has 0 saturated carbocycles. The Bertz CT molecular complexity index is 1650. The molecule has 0 unspecified atom stereocenters. The Labute approximate surface area is 239 Å². The van der Waals surface area contributed by atoms with Gasteiger partial charge in [-0.1, -0.05) is 80.1 Å². The molecule has 41 heavy (non-hydrogen) atoms. The number of carboxylic acids is 1. The van der Waals surface area contributed by atoms with Crippen LogP contribution in [0, 0.1) is 0 Å². The van der Waals surface area contributed by atoms with Gasteiger partial charge in [0.05, 0.1) is 23.1 Å². The van der Waals surface area contributed by atoms with Crippen molar-refractivity contribution in [2.45, 2.75) is 32.7 Å². The highest BCUT2D eigenvalue weighted by atomic mass is 16.4. The summed E-state index contributed by atoms with van der Waals surface area (Å²) in [5, 5.41) is 16.5. The number of anilines is 1. The maximum Gasteiger partial charge on any atom is 0.336 e. The molecule has 0 aliphatic carbocycles. The number of imidazole rings is 1.